The summed E-state index contributed by atoms with van der Waals surface area (Å²) in [6, 6.07) is 13.6. The van der Waals surface area contributed by atoms with Crippen LogP contribution in [0.4, 0.5) is 10.1 Å². The van der Waals surface area contributed by atoms with Gasteiger partial charge in [-0.1, -0.05) is 30.3 Å². The highest BCUT2D eigenvalue weighted by molar-refractivity contribution is 5.76. The Bertz CT molecular complexity index is 644. The van der Waals surface area contributed by atoms with Crippen LogP contribution in [0.3, 0.4) is 0 Å². The lowest BCUT2D eigenvalue weighted by Gasteiger charge is -2.16. The molecule has 0 aliphatic rings. The lowest BCUT2D eigenvalue weighted by Crippen LogP contribution is -2.29. The molecule has 0 radical (unpaired) electrons. The highest BCUT2D eigenvalue weighted by Gasteiger charge is 2.12. The molecule has 0 spiro atoms. The molecule has 1 atom stereocenters. The Morgan fingerprint density at radius 1 is 1.22 bits per heavy atom. The van der Waals surface area contributed by atoms with Gasteiger partial charge in [0.2, 0.25) is 5.91 Å². The molecule has 0 aromatic heterocycles. The summed E-state index contributed by atoms with van der Waals surface area (Å²) in [6.45, 7) is 0.339. The van der Waals surface area contributed by atoms with Crippen LogP contribution in [0.25, 0.3) is 0 Å². The van der Waals surface area contributed by atoms with Gasteiger partial charge in [-0.2, -0.15) is 0 Å². The predicted molar refractivity (Wildman–Crippen MR) is 88.3 cm³/mol. The van der Waals surface area contributed by atoms with Crippen molar-refractivity contribution < 1.29 is 13.9 Å². The number of para-hydroxylation sites is 1. The molecule has 3 N–H and O–H groups in total. The summed E-state index contributed by atoms with van der Waals surface area (Å²) in [4.78, 5) is 12.0. The summed E-state index contributed by atoms with van der Waals surface area (Å²) >= 11 is 0. The minimum atomic E-state index is -0.304. The topological polar surface area (TPSA) is 64.3 Å². The van der Waals surface area contributed by atoms with E-state index in [1.165, 1.54) is 12.1 Å². The van der Waals surface area contributed by atoms with Crippen molar-refractivity contribution >= 4 is 11.6 Å². The van der Waals surface area contributed by atoms with Gasteiger partial charge in [0.1, 0.15) is 5.82 Å². The number of methoxy groups -OCH3 is 1. The standard InChI is InChI=1S/C18H21FN2O2/c1-23-17(14-6-9-15(19)10-7-14)12-21-18(22)11-8-13-4-2-3-5-16(13)20/h2-7,9-10,17H,8,11-12,20H2,1H3,(H,21,22). The van der Waals surface area contributed by atoms with Crippen LogP contribution in [0, 0.1) is 5.82 Å². The first-order chi connectivity index (χ1) is 11.1. The lowest BCUT2D eigenvalue weighted by atomic mass is 10.1. The van der Waals surface area contributed by atoms with Crippen LogP contribution < -0.4 is 11.1 Å². The molecule has 0 aliphatic heterocycles. The van der Waals surface area contributed by atoms with Gasteiger partial charge in [-0.05, 0) is 35.7 Å². The second-order valence-electron chi connectivity index (χ2n) is 5.28. The van der Waals surface area contributed by atoms with Gasteiger partial charge in [0, 0.05) is 25.8 Å². The van der Waals surface area contributed by atoms with Gasteiger partial charge in [-0.3, -0.25) is 4.79 Å². The number of anilines is 1. The predicted octanol–water partition coefficient (Wildman–Crippen LogP) is 2.84. The molecule has 122 valence electrons. The molecule has 0 saturated heterocycles. The van der Waals surface area contributed by atoms with Crippen molar-refractivity contribution in [1.29, 1.82) is 0 Å². The maximum atomic E-state index is 12.9. The van der Waals surface area contributed by atoms with Crippen LogP contribution in [0.5, 0.6) is 0 Å². The van der Waals surface area contributed by atoms with Crippen molar-refractivity contribution in [3.63, 3.8) is 0 Å². The number of rotatable bonds is 7. The molecule has 2 rings (SSSR count). The molecule has 4 nitrogen and oxygen atoms in total. The third-order valence-corrected chi connectivity index (χ3v) is 3.69. The van der Waals surface area contributed by atoms with E-state index in [9.17, 15) is 9.18 Å². The molecule has 0 saturated carbocycles. The first kappa shape index (κ1) is 17.0. The molecule has 1 amide bonds. The number of hydrogen-bond acceptors (Lipinski definition) is 3. The van der Waals surface area contributed by atoms with Crippen LogP contribution >= 0.6 is 0 Å². The Kier molecular flexibility index (Phi) is 6.11. The monoisotopic (exact) mass is 316 g/mol. The fourth-order valence-electron chi connectivity index (χ4n) is 2.32. The van der Waals surface area contributed by atoms with Crippen molar-refractivity contribution in [3.8, 4) is 0 Å². The summed E-state index contributed by atoms with van der Waals surface area (Å²) in [5.41, 5.74) is 8.34. The Labute approximate surface area is 135 Å². The highest BCUT2D eigenvalue weighted by Crippen LogP contribution is 2.16. The van der Waals surface area contributed by atoms with Crippen molar-refractivity contribution in [3.05, 3.63) is 65.5 Å². The van der Waals surface area contributed by atoms with Gasteiger partial charge in [-0.15, -0.1) is 0 Å². The van der Waals surface area contributed by atoms with Crippen LogP contribution in [0.15, 0.2) is 48.5 Å². The fourth-order valence-corrected chi connectivity index (χ4v) is 2.32. The second kappa shape index (κ2) is 8.29. The zero-order chi connectivity index (χ0) is 16.7. The van der Waals surface area contributed by atoms with Gasteiger partial charge >= 0.3 is 0 Å². The van der Waals surface area contributed by atoms with E-state index >= 15 is 0 Å². The molecule has 23 heavy (non-hydrogen) atoms. The Hall–Kier alpha value is -2.40. The molecule has 5 heteroatoms. The van der Waals surface area contributed by atoms with Crippen LogP contribution in [-0.4, -0.2) is 19.6 Å². The molecule has 0 heterocycles. The average molecular weight is 316 g/mol. The summed E-state index contributed by atoms with van der Waals surface area (Å²) < 4.78 is 18.3. The number of carbonyl (C=O) groups is 1. The Morgan fingerprint density at radius 3 is 2.57 bits per heavy atom. The Balaban J connectivity index is 1.83. The van der Waals surface area contributed by atoms with Crippen molar-refractivity contribution in [1.82, 2.24) is 5.32 Å². The van der Waals surface area contributed by atoms with Crippen molar-refractivity contribution in [2.75, 3.05) is 19.4 Å². The number of benzene rings is 2. The van der Waals surface area contributed by atoms with E-state index in [0.29, 0.717) is 25.1 Å². The van der Waals surface area contributed by atoms with Crippen LogP contribution in [0.1, 0.15) is 23.7 Å². The maximum absolute atomic E-state index is 12.9. The zero-order valence-electron chi connectivity index (χ0n) is 13.1. The van der Waals surface area contributed by atoms with Gasteiger partial charge in [0.05, 0.1) is 6.10 Å². The van der Waals surface area contributed by atoms with Gasteiger partial charge in [-0.25, -0.2) is 4.39 Å². The Morgan fingerprint density at radius 2 is 1.91 bits per heavy atom. The third kappa shape index (κ3) is 5.07. The summed E-state index contributed by atoms with van der Waals surface area (Å²) in [7, 11) is 1.56. The van der Waals surface area contributed by atoms with Crippen molar-refractivity contribution in [2.45, 2.75) is 18.9 Å². The number of nitrogens with two attached hydrogens (primary N) is 1. The second-order valence-corrected chi connectivity index (χ2v) is 5.28. The summed E-state index contributed by atoms with van der Waals surface area (Å²) in [5.74, 6) is -0.370. The average Bonchev–Trinajstić information content (AvgIpc) is 2.56. The number of aryl methyl sites for hydroxylation is 1. The zero-order valence-corrected chi connectivity index (χ0v) is 13.1. The first-order valence-corrected chi connectivity index (χ1v) is 7.48. The first-order valence-electron chi connectivity index (χ1n) is 7.48. The van der Waals surface area contributed by atoms with Gasteiger partial charge in [0.25, 0.3) is 0 Å². The third-order valence-electron chi connectivity index (χ3n) is 3.69. The van der Waals surface area contributed by atoms with E-state index in [1.54, 1.807) is 19.2 Å². The lowest BCUT2D eigenvalue weighted by molar-refractivity contribution is -0.121. The molecule has 0 fully saturated rings. The molecule has 1 unspecified atom stereocenters. The smallest absolute Gasteiger partial charge is 0.220 e. The molecule has 2 aromatic carbocycles. The van der Waals surface area contributed by atoms with Crippen molar-refractivity contribution in [2.24, 2.45) is 0 Å². The summed E-state index contributed by atoms with van der Waals surface area (Å²) in [6.07, 6.45) is 0.641. The van der Waals surface area contributed by atoms with E-state index in [4.69, 9.17) is 10.5 Å². The number of ether oxygens (including phenoxy) is 1. The van der Waals surface area contributed by atoms with E-state index < -0.39 is 0 Å². The van der Waals surface area contributed by atoms with E-state index in [2.05, 4.69) is 5.32 Å². The van der Waals surface area contributed by atoms with Gasteiger partial charge in [0.15, 0.2) is 0 Å². The minimum Gasteiger partial charge on any atom is -0.399 e. The maximum Gasteiger partial charge on any atom is 0.220 e. The van der Waals surface area contributed by atoms with E-state index in [0.717, 1.165) is 11.1 Å². The molecule has 2 aromatic rings. The molecule has 0 bridgehead atoms. The number of carbonyl (C=O) groups excluding carboxylic acids is 1. The fraction of sp³-hybridized carbons (Fsp3) is 0.278. The number of hydrogen-bond donors (Lipinski definition) is 2. The SMILES string of the molecule is COC(CNC(=O)CCc1ccccc1N)c1ccc(F)cc1. The number of nitrogens with one attached hydrogen (secondary N) is 1. The molecular formula is C18H21FN2O2. The van der Waals surface area contributed by atoms with Gasteiger partial charge < -0.3 is 15.8 Å². The normalized spacial score (nSPS) is 11.9. The van der Waals surface area contributed by atoms with E-state index in [1.807, 2.05) is 24.3 Å². The number of amides is 1. The number of nitrogen functional groups attached to an aromatic ring is 1. The number of halogens is 1. The summed E-state index contributed by atoms with van der Waals surface area (Å²) in [5, 5.41) is 2.84. The quantitative estimate of drug-likeness (QED) is 0.772. The van der Waals surface area contributed by atoms with E-state index in [-0.39, 0.29) is 17.8 Å². The van der Waals surface area contributed by atoms with Crippen LogP contribution in [-0.2, 0) is 16.0 Å². The van der Waals surface area contributed by atoms with Crippen LogP contribution in [0.2, 0.25) is 0 Å². The largest absolute Gasteiger partial charge is 0.399 e. The minimum absolute atomic E-state index is 0.0718. The molecule has 0 aliphatic carbocycles. The highest BCUT2D eigenvalue weighted by atomic mass is 19.1. The molecular weight excluding hydrogens is 295 g/mol.